The highest BCUT2D eigenvalue weighted by Crippen LogP contribution is 2.36. The minimum Gasteiger partial charge on any atom is -0.309 e. The van der Waals surface area contributed by atoms with E-state index >= 15 is 0 Å². The molecular weight excluding hydrogens is 524 g/mol. The lowest BCUT2D eigenvalue weighted by Crippen LogP contribution is -1.98. The van der Waals surface area contributed by atoms with Crippen molar-refractivity contribution < 1.29 is 0 Å². The number of rotatable bonds is 4. The molecule has 0 aliphatic heterocycles. The highest BCUT2D eigenvalue weighted by Gasteiger charge is 2.18. The van der Waals surface area contributed by atoms with Crippen LogP contribution in [0, 0.1) is 20.8 Å². The maximum absolute atomic E-state index is 5.08. The summed E-state index contributed by atoms with van der Waals surface area (Å²) < 4.78 is 4.50. The summed E-state index contributed by atoms with van der Waals surface area (Å²) in [5, 5.41) is 2.58. The predicted octanol–water partition coefficient (Wildman–Crippen LogP) is 9.75. The molecule has 0 radical (unpaired) electrons. The second-order valence-electron chi connectivity index (χ2n) is 11.4. The maximum atomic E-state index is 5.08. The molecule has 4 nitrogen and oxygen atoms in total. The molecule has 0 unspecified atom stereocenters. The lowest BCUT2D eigenvalue weighted by Gasteiger charge is -2.13. The molecule has 0 saturated heterocycles. The van der Waals surface area contributed by atoms with Crippen LogP contribution in [-0.4, -0.2) is 18.9 Å². The molecule has 8 aromatic rings. The highest BCUT2D eigenvalue weighted by atomic mass is 15.1. The first-order chi connectivity index (χ1) is 21.0. The molecule has 206 valence electrons. The zero-order valence-corrected chi connectivity index (χ0v) is 24.4. The summed E-state index contributed by atoms with van der Waals surface area (Å²) in [5.41, 5.74) is 13.5. The zero-order chi connectivity index (χ0) is 29.1. The lowest BCUT2D eigenvalue weighted by molar-refractivity contribution is 1.11. The Morgan fingerprint density at radius 3 is 1.79 bits per heavy atom. The molecule has 0 atom stereocenters. The largest absolute Gasteiger partial charge is 0.309 e. The second kappa shape index (κ2) is 9.81. The number of imidazole rings is 1. The Kier molecular flexibility index (Phi) is 5.76. The Balaban J connectivity index is 1.27. The van der Waals surface area contributed by atoms with Crippen molar-refractivity contribution in [3.05, 3.63) is 144 Å². The Labute approximate surface area is 250 Å². The van der Waals surface area contributed by atoms with Gasteiger partial charge < -0.3 is 4.57 Å². The van der Waals surface area contributed by atoms with Gasteiger partial charge in [-0.05, 0) is 68.8 Å². The fourth-order valence-corrected chi connectivity index (χ4v) is 6.34. The second-order valence-corrected chi connectivity index (χ2v) is 11.4. The molecule has 0 aliphatic carbocycles. The standard InChI is InChI=1S/C39H30N4/c1-25-14-17-35-31(22-25)32-23-26(2)15-18-36(32)43(35)34-19-16-30(24-27(34)3)33-20-21-42-38(29-12-8-5-9-13-29)37(41-39(42)40-33)28-10-6-4-7-11-28/h4-24H,1-3H3. The van der Waals surface area contributed by atoms with Crippen molar-refractivity contribution in [1.82, 2.24) is 18.9 Å². The van der Waals surface area contributed by atoms with Crippen molar-refractivity contribution in [1.29, 1.82) is 0 Å². The summed E-state index contributed by atoms with van der Waals surface area (Å²) in [7, 11) is 0. The van der Waals surface area contributed by atoms with Gasteiger partial charge in [0.15, 0.2) is 0 Å². The summed E-state index contributed by atoms with van der Waals surface area (Å²) in [6.07, 6.45) is 2.10. The van der Waals surface area contributed by atoms with Gasteiger partial charge in [0.1, 0.15) is 0 Å². The number of aryl methyl sites for hydroxylation is 3. The van der Waals surface area contributed by atoms with E-state index in [9.17, 15) is 0 Å². The van der Waals surface area contributed by atoms with E-state index in [-0.39, 0.29) is 0 Å². The molecule has 0 N–H and O–H groups in total. The molecule has 43 heavy (non-hydrogen) atoms. The molecule has 3 aromatic heterocycles. The van der Waals surface area contributed by atoms with Gasteiger partial charge in [-0.15, -0.1) is 0 Å². The van der Waals surface area contributed by atoms with Gasteiger partial charge in [-0.3, -0.25) is 4.40 Å². The predicted molar refractivity (Wildman–Crippen MR) is 178 cm³/mol. The van der Waals surface area contributed by atoms with Gasteiger partial charge in [0.05, 0.1) is 28.1 Å². The monoisotopic (exact) mass is 554 g/mol. The minimum atomic E-state index is 0.685. The van der Waals surface area contributed by atoms with Crippen LogP contribution in [0.5, 0.6) is 0 Å². The van der Waals surface area contributed by atoms with Gasteiger partial charge in [0.25, 0.3) is 0 Å². The van der Waals surface area contributed by atoms with Gasteiger partial charge in [0, 0.05) is 39.3 Å². The number of fused-ring (bicyclic) bond motifs is 4. The first-order valence-electron chi connectivity index (χ1n) is 14.7. The van der Waals surface area contributed by atoms with E-state index in [1.165, 1.54) is 44.2 Å². The quantitative estimate of drug-likeness (QED) is 0.217. The first-order valence-corrected chi connectivity index (χ1v) is 14.7. The minimum absolute atomic E-state index is 0.685. The van der Waals surface area contributed by atoms with Gasteiger partial charge in [-0.25, -0.2) is 9.97 Å². The van der Waals surface area contributed by atoms with Crippen LogP contribution in [0.4, 0.5) is 0 Å². The molecule has 0 amide bonds. The van der Waals surface area contributed by atoms with Crippen LogP contribution in [0.3, 0.4) is 0 Å². The van der Waals surface area contributed by atoms with E-state index < -0.39 is 0 Å². The molecule has 0 spiro atoms. The first kappa shape index (κ1) is 25.2. The van der Waals surface area contributed by atoms with Crippen molar-refractivity contribution in [3.8, 4) is 39.5 Å². The molecule has 5 aromatic carbocycles. The van der Waals surface area contributed by atoms with Crippen molar-refractivity contribution in [2.75, 3.05) is 0 Å². The summed E-state index contributed by atoms with van der Waals surface area (Å²) in [4.78, 5) is 10.1. The Morgan fingerprint density at radius 1 is 0.535 bits per heavy atom. The molecular formula is C39H30N4. The van der Waals surface area contributed by atoms with Crippen LogP contribution in [0.1, 0.15) is 16.7 Å². The lowest BCUT2D eigenvalue weighted by atomic mass is 10.0. The number of aromatic nitrogens is 4. The summed E-state index contributed by atoms with van der Waals surface area (Å²) in [5.74, 6) is 0.685. The van der Waals surface area contributed by atoms with E-state index in [4.69, 9.17) is 9.97 Å². The average molecular weight is 555 g/mol. The summed E-state index contributed by atoms with van der Waals surface area (Å²) >= 11 is 0. The maximum Gasteiger partial charge on any atom is 0.235 e. The van der Waals surface area contributed by atoms with E-state index in [0.717, 1.165) is 33.8 Å². The Morgan fingerprint density at radius 2 is 1.16 bits per heavy atom. The number of benzene rings is 5. The van der Waals surface area contributed by atoms with Crippen molar-refractivity contribution >= 4 is 27.6 Å². The topological polar surface area (TPSA) is 35.1 Å². The van der Waals surface area contributed by atoms with Crippen molar-refractivity contribution in [2.45, 2.75) is 20.8 Å². The van der Waals surface area contributed by atoms with Crippen LogP contribution in [0.2, 0.25) is 0 Å². The van der Waals surface area contributed by atoms with Crippen LogP contribution < -0.4 is 0 Å². The van der Waals surface area contributed by atoms with Crippen molar-refractivity contribution in [3.63, 3.8) is 0 Å². The van der Waals surface area contributed by atoms with Gasteiger partial charge >= 0.3 is 0 Å². The van der Waals surface area contributed by atoms with Gasteiger partial charge in [-0.2, -0.15) is 0 Å². The van der Waals surface area contributed by atoms with E-state index in [0.29, 0.717) is 5.78 Å². The van der Waals surface area contributed by atoms with E-state index in [2.05, 4.69) is 145 Å². The van der Waals surface area contributed by atoms with E-state index in [1.807, 2.05) is 12.1 Å². The molecule has 8 rings (SSSR count). The molecule has 0 aliphatic rings. The van der Waals surface area contributed by atoms with Crippen molar-refractivity contribution in [2.24, 2.45) is 0 Å². The van der Waals surface area contributed by atoms with Gasteiger partial charge in [0.2, 0.25) is 5.78 Å². The number of hydrogen-bond donors (Lipinski definition) is 0. The SMILES string of the molecule is Cc1ccc2c(c1)c1cc(C)ccc1n2-c1ccc(-c2ccn3c(-c4ccccc4)c(-c4ccccc4)nc3n2)cc1C. The van der Waals surface area contributed by atoms with Gasteiger partial charge in [-0.1, -0.05) is 90.0 Å². The van der Waals surface area contributed by atoms with E-state index in [1.54, 1.807) is 0 Å². The fraction of sp³-hybridized carbons (Fsp3) is 0.0769. The summed E-state index contributed by atoms with van der Waals surface area (Å²) in [6, 6.07) is 43.0. The van der Waals surface area contributed by atoms with Crippen LogP contribution in [-0.2, 0) is 0 Å². The smallest absolute Gasteiger partial charge is 0.235 e. The molecule has 0 bridgehead atoms. The molecule has 3 heterocycles. The Bertz CT molecular complexity index is 2250. The average Bonchev–Trinajstić information content (AvgIpc) is 3.57. The number of nitrogens with zero attached hydrogens (tertiary/aromatic N) is 4. The molecule has 4 heteroatoms. The van der Waals surface area contributed by atoms with Crippen LogP contribution >= 0.6 is 0 Å². The summed E-state index contributed by atoms with van der Waals surface area (Å²) in [6.45, 7) is 6.51. The number of hydrogen-bond acceptors (Lipinski definition) is 2. The third-order valence-electron chi connectivity index (χ3n) is 8.40. The zero-order valence-electron chi connectivity index (χ0n) is 24.4. The van der Waals surface area contributed by atoms with Crippen LogP contribution in [0.15, 0.2) is 128 Å². The molecule has 0 saturated carbocycles. The fourth-order valence-electron chi connectivity index (χ4n) is 6.34. The Hall–Kier alpha value is -5.48. The third-order valence-corrected chi connectivity index (χ3v) is 8.40. The normalized spacial score (nSPS) is 11.6. The third kappa shape index (κ3) is 4.14. The van der Waals surface area contributed by atoms with Crippen LogP contribution in [0.25, 0.3) is 67.0 Å². The molecule has 0 fully saturated rings. The highest BCUT2D eigenvalue weighted by molar-refractivity contribution is 6.09.